The van der Waals surface area contributed by atoms with Crippen molar-refractivity contribution in [2.24, 2.45) is 10.7 Å². The molecule has 0 aromatic rings. The summed E-state index contributed by atoms with van der Waals surface area (Å²) < 4.78 is 4.74. The van der Waals surface area contributed by atoms with Crippen molar-refractivity contribution in [1.29, 1.82) is 0 Å². The number of ether oxygens (including phenoxy) is 1. The Hall–Kier alpha value is -1.25. The zero-order valence-corrected chi connectivity index (χ0v) is 5.37. The Morgan fingerprint density at radius 3 is 2.78 bits per heavy atom. The molecular formula is C6H10N2O. The second-order valence-corrected chi connectivity index (χ2v) is 1.23. The molecule has 0 atom stereocenters. The molecule has 0 radical (unpaired) electrons. The van der Waals surface area contributed by atoms with Gasteiger partial charge in [0, 0.05) is 12.4 Å². The molecule has 9 heavy (non-hydrogen) atoms. The lowest BCUT2D eigenvalue weighted by atomic mass is 10.6. The van der Waals surface area contributed by atoms with E-state index in [1.807, 2.05) is 0 Å². The van der Waals surface area contributed by atoms with E-state index in [1.54, 1.807) is 0 Å². The van der Waals surface area contributed by atoms with Gasteiger partial charge in [0.15, 0.2) is 5.76 Å². The van der Waals surface area contributed by atoms with Gasteiger partial charge >= 0.3 is 0 Å². The van der Waals surface area contributed by atoms with Crippen molar-refractivity contribution in [3.63, 3.8) is 0 Å². The molecule has 0 aromatic heterocycles. The molecule has 0 aliphatic heterocycles. The van der Waals surface area contributed by atoms with Gasteiger partial charge in [-0.05, 0) is 0 Å². The fourth-order valence-electron chi connectivity index (χ4n) is 0.290. The van der Waals surface area contributed by atoms with Gasteiger partial charge in [0.2, 0.25) is 0 Å². The topological polar surface area (TPSA) is 47.6 Å². The molecule has 50 valence electrons. The molecule has 0 heterocycles. The second kappa shape index (κ2) is 4.90. The highest BCUT2D eigenvalue weighted by atomic mass is 16.5. The molecule has 0 saturated heterocycles. The molecule has 0 saturated carbocycles. The number of allylic oxidation sites excluding steroid dienone is 1. The molecule has 0 fully saturated rings. The molecule has 0 bridgehead atoms. The maximum absolute atomic E-state index is 5.11. The number of rotatable bonds is 3. The van der Waals surface area contributed by atoms with Crippen LogP contribution in [0.4, 0.5) is 0 Å². The first kappa shape index (κ1) is 7.75. The molecule has 0 aliphatic carbocycles. The van der Waals surface area contributed by atoms with Crippen LogP contribution >= 0.6 is 0 Å². The third kappa shape index (κ3) is 3.34. The predicted molar refractivity (Wildman–Crippen MR) is 38.0 cm³/mol. The number of nitrogens with two attached hydrogens (primary N) is 1. The van der Waals surface area contributed by atoms with Gasteiger partial charge in [0.1, 0.15) is 0 Å². The molecule has 0 unspecified atom stereocenters. The summed E-state index contributed by atoms with van der Waals surface area (Å²) in [6.07, 6.45) is 4.21. The lowest BCUT2D eigenvalue weighted by Crippen LogP contribution is -1.92. The summed E-state index contributed by atoms with van der Waals surface area (Å²) in [5.41, 5.74) is 5.11. The van der Waals surface area contributed by atoms with Crippen LogP contribution in [0.5, 0.6) is 0 Å². The highest BCUT2D eigenvalue weighted by Crippen LogP contribution is 1.85. The van der Waals surface area contributed by atoms with E-state index in [0.29, 0.717) is 5.76 Å². The van der Waals surface area contributed by atoms with Crippen molar-refractivity contribution in [2.45, 2.75) is 0 Å². The van der Waals surface area contributed by atoms with Crippen LogP contribution in [0.15, 0.2) is 29.7 Å². The molecule has 3 heteroatoms. The molecule has 0 spiro atoms. The van der Waals surface area contributed by atoms with Crippen molar-refractivity contribution < 1.29 is 4.74 Å². The first-order valence-corrected chi connectivity index (χ1v) is 2.45. The minimum absolute atomic E-state index is 0.523. The van der Waals surface area contributed by atoms with E-state index in [2.05, 4.69) is 11.6 Å². The molecule has 0 amide bonds. The number of hydrogen-bond donors (Lipinski definition) is 1. The van der Waals surface area contributed by atoms with Crippen LogP contribution in [0, 0.1) is 0 Å². The summed E-state index contributed by atoms with van der Waals surface area (Å²) in [5.74, 6) is 0.523. The van der Waals surface area contributed by atoms with E-state index in [1.165, 1.54) is 25.7 Å². The quantitative estimate of drug-likeness (QED) is 0.445. The maximum atomic E-state index is 5.11. The largest absolute Gasteiger partial charge is 0.494 e. The smallest absolute Gasteiger partial charge is 0.152 e. The zero-order chi connectivity index (χ0) is 7.11. The summed E-state index contributed by atoms with van der Waals surface area (Å²) in [4.78, 5) is 3.68. The first-order chi connectivity index (χ1) is 4.35. The number of nitrogens with zero attached hydrogens (tertiary/aromatic N) is 1. The van der Waals surface area contributed by atoms with Gasteiger partial charge < -0.3 is 10.5 Å². The second-order valence-electron chi connectivity index (χ2n) is 1.23. The Bertz CT molecular complexity index is 138. The Balaban J connectivity index is 3.84. The van der Waals surface area contributed by atoms with Crippen LogP contribution in [0.2, 0.25) is 0 Å². The third-order valence-corrected chi connectivity index (χ3v) is 0.707. The van der Waals surface area contributed by atoms with Crippen LogP contribution in [0.3, 0.4) is 0 Å². The minimum Gasteiger partial charge on any atom is -0.494 e. The fraction of sp³-hybridized carbons (Fsp3) is 0.167. The summed E-state index contributed by atoms with van der Waals surface area (Å²) in [7, 11) is 1.52. The molecule has 3 nitrogen and oxygen atoms in total. The Morgan fingerprint density at radius 1 is 1.78 bits per heavy atom. The van der Waals surface area contributed by atoms with Crippen LogP contribution in [-0.2, 0) is 4.74 Å². The molecule has 0 aromatic carbocycles. The van der Waals surface area contributed by atoms with Crippen LogP contribution in [-0.4, -0.2) is 13.3 Å². The lowest BCUT2D eigenvalue weighted by Gasteiger charge is -1.93. The Labute approximate surface area is 54.5 Å². The van der Waals surface area contributed by atoms with Gasteiger partial charge in [-0.3, -0.25) is 4.99 Å². The summed E-state index contributed by atoms with van der Waals surface area (Å²) >= 11 is 0. The van der Waals surface area contributed by atoms with E-state index >= 15 is 0 Å². The molecule has 0 rings (SSSR count). The van der Waals surface area contributed by atoms with Gasteiger partial charge in [-0.1, -0.05) is 6.58 Å². The van der Waals surface area contributed by atoms with Gasteiger partial charge in [-0.2, -0.15) is 0 Å². The van der Waals surface area contributed by atoms with E-state index in [9.17, 15) is 0 Å². The average Bonchev–Trinajstić information content (AvgIpc) is 1.91. The van der Waals surface area contributed by atoms with E-state index in [0.717, 1.165) is 0 Å². The van der Waals surface area contributed by atoms with E-state index < -0.39 is 0 Å². The number of aliphatic imine (C=N–C) groups is 1. The van der Waals surface area contributed by atoms with Gasteiger partial charge in [0.25, 0.3) is 0 Å². The van der Waals surface area contributed by atoms with E-state index in [-0.39, 0.29) is 0 Å². The van der Waals surface area contributed by atoms with E-state index in [4.69, 9.17) is 10.5 Å². The summed E-state index contributed by atoms with van der Waals surface area (Å²) in [6.45, 7) is 3.38. The van der Waals surface area contributed by atoms with Gasteiger partial charge in [0.05, 0.1) is 13.3 Å². The summed E-state index contributed by atoms with van der Waals surface area (Å²) in [5, 5.41) is 0. The number of hydrogen-bond acceptors (Lipinski definition) is 3. The van der Waals surface area contributed by atoms with Gasteiger partial charge in [-0.15, -0.1) is 0 Å². The van der Waals surface area contributed by atoms with Crippen molar-refractivity contribution >= 4 is 6.21 Å². The van der Waals surface area contributed by atoms with Crippen molar-refractivity contribution in [3.05, 3.63) is 24.7 Å². The number of methoxy groups -OCH3 is 1. The normalized spacial score (nSPS) is 11.9. The molecular weight excluding hydrogens is 116 g/mol. The summed E-state index contributed by atoms with van der Waals surface area (Å²) in [6, 6.07) is 0. The minimum atomic E-state index is 0.523. The highest BCUT2D eigenvalue weighted by Gasteiger charge is 1.82. The lowest BCUT2D eigenvalue weighted by molar-refractivity contribution is 0.316. The van der Waals surface area contributed by atoms with Crippen LogP contribution < -0.4 is 5.73 Å². The monoisotopic (exact) mass is 126 g/mol. The van der Waals surface area contributed by atoms with Crippen LogP contribution in [0.25, 0.3) is 0 Å². The highest BCUT2D eigenvalue weighted by molar-refractivity contribution is 5.76. The van der Waals surface area contributed by atoms with Gasteiger partial charge in [-0.25, -0.2) is 0 Å². The Kier molecular flexibility index (Phi) is 4.22. The zero-order valence-electron chi connectivity index (χ0n) is 5.37. The standard InChI is InChI=1S/C6H10N2O/c1-3-8-5-6(4-7)9-2/h3-5H,1,7H2,2H3/b6-4+,8-5?. The molecule has 0 aliphatic rings. The SMILES string of the molecule is C=CN=C/C(=C\N)OC. The fourth-order valence-corrected chi connectivity index (χ4v) is 0.290. The average molecular weight is 126 g/mol. The van der Waals surface area contributed by atoms with Crippen molar-refractivity contribution in [1.82, 2.24) is 0 Å². The molecule has 2 N–H and O–H groups in total. The van der Waals surface area contributed by atoms with Crippen LogP contribution in [0.1, 0.15) is 0 Å². The Morgan fingerprint density at radius 2 is 2.44 bits per heavy atom. The maximum Gasteiger partial charge on any atom is 0.152 e. The predicted octanol–water partition coefficient (Wildman–Crippen LogP) is 0.647. The third-order valence-electron chi connectivity index (χ3n) is 0.707. The van der Waals surface area contributed by atoms with Crippen molar-refractivity contribution in [2.75, 3.05) is 7.11 Å². The first-order valence-electron chi connectivity index (χ1n) is 2.45. The van der Waals surface area contributed by atoms with Crippen molar-refractivity contribution in [3.8, 4) is 0 Å².